The van der Waals surface area contributed by atoms with Crippen LogP contribution in [0, 0.1) is 0 Å². The SMILES string of the molecule is O=C(O)c1cc(Oc2nccn3cnnc23)cs1. The summed E-state index contributed by atoms with van der Waals surface area (Å²) in [6.07, 6.45) is 4.77. The van der Waals surface area contributed by atoms with E-state index in [9.17, 15) is 4.79 Å². The van der Waals surface area contributed by atoms with Crippen molar-refractivity contribution >= 4 is 23.0 Å². The third-order valence-electron chi connectivity index (χ3n) is 2.18. The minimum absolute atomic E-state index is 0.207. The Morgan fingerprint density at radius 1 is 1.50 bits per heavy atom. The van der Waals surface area contributed by atoms with Crippen LogP contribution in [0.25, 0.3) is 5.65 Å². The molecule has 3 rings (SSSR count). The van der Waals surface area contributed by atoms with Gasteiger partial charge in [-0.1, -0.05) is 0 Å². The summed E-state index contributed by atoms with van der Waals surface area (Å²) in [6.45, 7) is 0. The van der Waals surface area contributed by atoms with Gasteiger partial charge in [0.2, 0.25) is 5.65 Å². The smallest absolute Gasteiger partial charge is 0.346 e. The molecule has 0 bridgehead atoms. The number of fused-ring (bicyclic) bond motifs is 1. The number of carboxylic acids is 1. The second-order valence-corrected chi connectivity index (χ2v) is 4.26. The van der Waals surface area contributed by atoms with E-state index in [0.717, 1.165) is 11.3 Å². The van der Waals surface area contributed by atoms with Crippen molar-refractivity contribution in [3.8, 4) is 11.6 Å². The molecule has 7 nitrogen and oxygen atoms in total. The van der Waals surface area contributed by atoms with Crippen LogP contribution in [0.2, 0.25) is 0 Å². The molecule has 3 heterocycles. The fraction of sp³-hybridized carbons (Fsp3) is 0. The van der Waals surface area contributed by atoms with Gasteiger partial charge >= 0.3 is 5.97 Å². The first-order valence-electron chi connectivity index (χ1n) is 4.88. The molecule has 0 unspecified atom stereocenters. The summed E-state index contributed by atoms with van der Waals surface area (Å²) in [5.41, 5.74) is 0.473. The first-order chi connectivity index (χ1) is 8.74. The number of ether oxygens (including phenoxy) is 1. The number of nitrogens with zero attached hydrogens (tertiary/aromatic N) is 4. The van der Waals surface area contributed by atoms with Crippen molar-refractivity contribution in [2.75, 3.05) is 0 Å². The summed E-state index contributed by atoms with van der Waals surface area (Å²) >= 11 is 1.09. The van der Waals surface area contributed by atoms with Gasteiger partial charge in [0.25, 0.3) is 5.88 Å². The molecule has 0 aliphatic heterocycles. The highest BCUT2D eigenvalue weighted by molar-refractivity contribution is 7.12. The van der Waals surface area contributed by atoms with Gasteiger partial charge in [0.05, 0.1) is 0 Å². The average molecular weight is 262 g/mol. The number of hydrogen-bond donors (Lipinski definition) is 1. The molecule has 1 N–H and O–H groups in total. The van der Waals surface area contributed by atoms with Gasteiger partial charge < -0.3 is 9.84 Å². The molecule has 18 heavy (non-hydrogen) atoms. The number of carbonyl (C=O) groups is 1. The van der Waals surface area contributed by atoms with Crippen LogP contribution in [-0.2, 0) is 0 Å². The summed E-state index contributed by atoms with van der Waals surface area (Å²) in [4.78, 5) is 15.0. The third-order valence-corrected chi connectivity index (χ3v) is 3.08. The molecule has 3 aromatic rings. The zero-order chi connectivity index (χ0) is 12.5. The predicted molar refractivity (Wildman–Crippen MR) is 62.1 cm³/mol. The highest BCUT2D eigenvalue weighted by atomic mass is 32.1. The fourth-order valence-electron chi connectivity index (χ4n) is 1.40. The van der Waals surface area contributed by atoms with Crippen LogP contribution in [0.4, 0.5) is 0 Å². The Labute approximate surface area is 104 Å². The van der Waals surface area contributed by atoms with Crippen molar-refractivity contribution in [2.24, 2.45) is 0 Å². The summed E-state index contributed by atoms with van der Waals surface area (Å²) in [6, 6.07) is 1.44. The normalized spacial score (nSPS) is 10.7. The molecule has 0 atom stereocenters. The van der Waals surface area contributed by atoms with Crippen molar-refractivity contribution in [2.45, 2.75) is 0 Å². The second-order valence-electron chi connectivity index (χ2n) is 3.35. The van der Waals surface area contributed by atoms with E-state index in [1.807, 2.05) is 0 Å². The number of rotatable bonds is 3. The molecule has 3 aromatic heterocycles. The number of aromatic carboxylic acids is 1. The Balaban J connectivity index is 1.96. The topological polar surface area (TPSA) is 89.6 Å². The molecule has 0 radical (unpaired) electrons. The molecule has 0 aliphatic carbocycles. The Kier molecular flexibility index (Phi) is 2.41. The minimum atomic E-state index is -0.983. The van der Waals surface area contributed by atoms with Crippen molar-refractivity contribution in [3.63, 3.8) is 0 Å². The minimum Gasteiger partial charge on any atom is -0.477 e. The quantitative estimate of drug-likeness (QED) is 0.772. The van der Waals surface area contributed by atoms with Crippen molar-refractivity contribution in [3.05, 3.63) is 35.0 Å². The maximum absolute atomic E-state index is 10.8. The van der Waals surface area contributed by atoms with Crippen LogP contribution in [0.3, 0.4) is 0 Å². The number of thiophene rings is 1. The summed E-state index contributed by atoms with van der Waals surface area (Å²) in [5, 5.41) is 18.0. The number of aromatic nitrogens is 4. The first kappa shape index (κ1) is 10.7. The highest BCUT2D eigenvalue weighted by Crippen LogP contribution is 2.27. The molecule has 0 saturated heterocycles. The fourth-order valence-corrected chi connectivity index (χ4v) is 2.05. The van der Waals surface area contributed by atoms with Crippen molar-refractivity contribution in [1.82, 2.24) is 19.6 Å². The Morgan fingerprint density at radius 2 is 2.39 bits per heavy atom. The zero-order valence-electron chi connectivity index (χ0n) is 8.85. The van der Waals surface area contributed by atoms with Gasteiger partial charge in [-0.15, -0.1) is 21.5 Å². The molecular formula is C10H6N4O3S. The maximum atomic E-state index is 10.8. The van der Waals surface area contributed by atoms with Crippen LogP contribution in [-0.4, -0.2) is 30.7 Å². The monoisotopic (exact) mass is 262 g/mol. The largest absolute Gasteiger partial charge is 0.477 e. The van der Waals surface area contributed by atoms with Gasteiger partial charge in [0.1, 0.15) is 17.0 Å². The lowest BCUT2D eigenvalue weighted by molar-refractivity contribution is 0.0702. The van der Waals surface area contributed by atoms with E-state index >= 15 is 0 Å². The highest BCUT2D eigenvalue weighted by Gasteiger charge is 2.11. The van der Waals surface area contributed by atoms with E-state index in [4.69, 9.17) is 9.84 Å². The lowest BCUT2D eigenvalue weighted by atomic mass is 10.4. The molecular weight excluding hydrogens is 256 g/mol. The first-order valence-corrected chi connectivity index (χ1v) is 5.76. The molecule has 0 aromatic carbocycles. The van der Waals surface area contributed by atoms with E-state index in [0.29, 0.717) is 11.4 Å². The van der Waals surface area contributed by atoms with Crippen LogP contribution in [0.5, 0.6) is 11.6 Å². The Hall–Kier alpha value is -2.48. The lowest BCUT2D eigenvalue weighted by Gasteiger charge is -2.01. The van der Waals surface area contributed by atoms with E-state index in [2.05, 4.69) is 15.2 Å². The summed E-state index contributed by atoms with van der Waals surface area (Å²) in [5.74, 6) is -0.283. The lowest BCUT2D eigenvalue weighted by Crippen LogP contribution is -1.93. The molecule has 0 spiro atoms. The van der Waals surface area contributed by atoms with Gasteiger partial charge in [0, 0.05) is 23.8 Å². The average Bonchev–Trinajstić information content (AvgIpc) is 2.97. The van der Waals surface area contributed by atoms with Crippen LogP contribution < -0.4 is 4.74 Å². The van der Waals surface area contributed by atoms with Crippen LogP contribution in [0.1, 0.15) is 9.67 Å². The predicted octanol–water partition coefficient (Wildman–Crippen LogP) is 1.68. The van der Waals surface area contributed by atoms with Gasteiger partial charge in [-0.25, -0.2) is 9.78 Å². The third kappa shape index (κ3) is 1.78. The number of carboxylic acid groups (broad SMARTS) is 1. The second kappa shape index (κ2) is 4.08. The zero-order valence-corrected chi connectivity index (χ0v) is 9.66. The molecule has 0 fully saturated rings. The molecule has 0 aliphatic rings. The van der Waals surface area contributed by atoms with Gasteiger partial charge in [-0.2, -0.15) is 0 Å². The maximum Gasteiger partial charge on any atom is 0.346 e. The van der Waals surface area contributed by atoms with Gasteiger partial charge in [-0.3, -0.25) is 4.40 Å². The Morgan fingerprint density at radius 3 is 3.17 bits per heavy atom. The summed E-state index contributed by atoms with van der Waals surface area (Å²) < 4.78 is 7.15. The van der Waals surface area contributed by atoms with Crippen LogP contribution in [0.15, 0.2) is 30.2 Å². The van der Waals surface area contributed by atoms with Crippen molar-refractivity contribution < 1.29 is 14.6 Å². The summed E-state index contributed by atoms with van der Waals surface area (Å²) in [7, 11) is 0. The van der Waals surface area contributed by atoms with E-state index in [-0.39, 0.29) is 10.8 Å². The number of hydrogen-bond acceptors (Lipinski definition) is 6. The van der Waals surface area contributed by atoms with E-state index in [1.165, 1.54) is 12.4 Å². The standard InChI is InChI=1S/C10H6N4O3S/c15-10(16)7-3-6(4-18-7)17-9-8-13-12-5-14(8)2-1-11-9/h1-5H,(H,15,16). The van der Waals surface area contributed by atoms with E-state index < -0.39 is 5.97 Å². The van der Waals surface area contributed by atoms with E-state index in [1.54, 1.807) is 22.2 Å². The van der Waals surface area contributed by atoms with Crippen LogP contribution >= 0.6 is 11.3 Å². The Bertz CT molecular complexity index is 721. The van der Waals surface area contributed by atoms with Crippen molar-refractivity contribution in [1.29, 1.82) is 0 Å². The molecule has 0 saturated carbocycles. The molecule has 0 amide bonds. The van der Waals surface area contributed by atoms with Gasteiger partial charge in [-0.05, 0) is 0 Å². The molecule has 8 heteroatoms. The van der Waals surface area contributed by atoms with Gasteiger partial charge in [0.15, 0.2) is 0 Å². The molecule has 90 valence electrons.